The van der Waals surface area contributed by atoms with Crippen LogP contribution < -0.4 is 5.32 Å². The van der Waals surface area contributed by atoms with Crippen molar-refractivity contribution in [1.82, 2.24) is 10.3 Å². The van der Waals surface area contributed by atoms with E-state index in [-0.39, 0.29) is 17.5 Å². The predicted molar refractivity (Wildman–Crippen MR) is 105 cm³/mol. The summed E-state index contributed by atoms with van der Waals surface area (Å²) in [5.74, 6) is 0.0998. The van der Waals surface area contributed by atoms with E-state index in [4.69, 9.17) is 0 Å². The molecule has 3 rings (SSSR count). The van der Waals surface area contributed by atoms with Crippen molar-refractivity contribution in [1.29, 1.82) is 5.26 Å². The Balaban J connectivity index is 1.71. The molecule has 1 fully saturated rings. The zero-order valence-electron chi connectivity index (χ0n) is 14.1. The predicted octanol–water partition coefficient (Wildman–Crippen LogP) is 4.57. The van der Waals surface area contributed by atoms with Crippen molar-refractivity contribution in [3.8, 4) is 6.07 Å². The molecule has 1 aliphatic carbocycles. The van der Waals surface area contributed by atoms with Gasteiger partial charge < -0.3 is 5.32 Å². The van der Waals surface area contributed by atoms with E-state index in [9.17, 15) is 10.1 Å². The van der Waals surface area contributed by atoms with E-state index >= 15 is 0 Å². The standard InChI is InChI=1S/C21H18BrN3O/c22-19-11-5-10-18(24-19)9-4-8-17(14-23)21(26)25-20(16-12-13-16)15-6-2-1-3-7-15/h1-11,16,20H,12-13H2,(H,25,26). The smallest absolute Gasteiger partial charge is 0.262 e. The molecule has 1 aromatic heterocycles. The lowest BCUT2D eigenvalue weighted by Crippen LogP contribution is -2.30. The quantitative estimate of drug-likeness (QED) is 0.330. The van der Waals surface area contributed by atoms with E-state index in [2.05, 4.69) is 26.2 Å². The minimum absolute atomic E-state index is 0.0452. The number of nitrogens with zero attached hydrogens (tertiary/aromatic N) is 2. The zero-order valence-corrected chi connectivity index (χ0v) is 15.7. The second kappa shape index (κ2) is 8.59. The first-order valence-electron chi connectivity index (χ1n) is 8.44. The summed E-state index contributed by atoms with van der Waals surface area (Å²) in [5.41, 5.74) is 1.90. The third-order valence-electron chi connectivity index (χ3n) is 4.17. The molecule has 1 atom stereocenters. The van der Waals surface area contributed by atoms with Gasteiger partial charge in [0.05, 0.1) is 11.7 Å². The molecule has 0 saturated heterocycles. The van der Waals surface area contributed by atoms with Gasteiger partial charge >= 0.3 is 0 Å². The molecule has 1 N–H and O–H groups in total. The van der Waals surface area contributed by atoms with Gasteiger partial charge in [-0.25, -0.2) is 4.98 Å². The first kappa shape index (κ1) is 18.1. The maximum absolute atomic E-state index is 12.5. The highest BCUT2D eigenvalue weighted by Gasteiger charge is 2.33. The van der Waals surface area contributed by atoms with Gasteiger partial charge in [0.25, 0.3) is 5.91 Å². The molecule has 2 aromatic rings. The van der Waals surface area contributed by atoms with E-state index in [0.717, 1.165) is 28.7 Å². The van der Waals surface area contributed by atoms with Crippen molar-refractivity contribution in [3.63, 3.8) is 0 Å². The Kier molecular flexibility index (Phi) is 5.98. The van der Waals surface area contributed by atoms with Crippen molar-refractivity contribution in [2.45, 2.75) is 18.9 Å². The molecular weight excluding hydrogens is 390 g/mol. The van der Waals surface area contributed by atoms with Gasteiger partial charge in [-0.1, -0.05) is 42.5 Å². The summed E-state index contributed by atoms with van der Waals surface area (Å²) >= 11 is 3.31. The number of halogens is 1. The second-order valence-corrected chi connectivity index (χ2v) is 6.95. The molecule has 1 heterocycles. The molecule has 26 heavy (non-hydrogen) atoms. The van der Waals surface area contributed by atoms with Crippen LogP contribution in [0, 0.1) is 17.2 Å². The number of hydrogen-bond donors (Lipinski definition) is 1. The van der Waals surface area contributed by atoms with Gasteiger partial charge in [0.1, 0.15) is 16.2 Å². The summed E-state index contributed by atoms with van der Waals surface area (Å²) < 4.78 is 0.733. The van der Waals surface area contributed by atoms with E-state index < -0.39 is 0 Å². The Morgan fingerprint density at radius 2 is 2.00 bits per heavy atom. The Morgan fingerprint density at radius 3 is 2.65 bits per heavy atom. The highest BCUT2D eigenvalue weighted by molar-refractivity contribution is 9.10. The summed E-state index contributed by atoms with van der Waals surface area (Å²) in [4.78, 5) is 16.8. The van der Waals surface area contributed by atoms with Gasteiger partial charge in [-0.15, -0.1) is 0 Å². The number of nitrogens with one attached hydrogen (secondary N) is 1. The average molecular weight is 408 g/mol. The monoisotopic (exact) mass is 407 g/mol. The van der Waals surface area contributed by atoms with Gasteiger partial charge in [-0.3, -0.25) is 4.79 Å². The molecule has 0 aliphatic heterocycles. The lowest BCUT2D eigenvalue weighted by Gasteiger charge is -2.18. The highest BCUT2D eigenvalue weighted by Crippen LogP contribution is 2.41. The van der Waals surface area contributed by atoms with Gasteiger partial charge in [0.2, 0.25) is 0 Å². The Hall–Kier alpha value is -2.71. The third kappa shape index (κ3) is 4.90. The van der Waals surface area contributed by atoms with Gasteiger partial charge in [-0.2, -0.15) is 5.26 Å². The van der Waals surface area contributed by atoms with Crippen LogP contribution in [0.3, 0.4) is 0 Å². The molecule has 1 amide bonds. The number of carbonyl (C=O) groups excluding carboxylic acids is 1. The van der Waals surface area contributed by atoms with Crippen LogP contribution in [0.5, 0.6) is 0 Å². The van der Waals surface area contributed by atoms with E-state index in [0.29, 0.717) is 5.92 Å². The minimum atomic E-state index is -0.347. The summed E-state index contributed by atoms with van der Waals surface area (Å²) in [6, 6.07) is 17.4. The molecule has 0 radical (unpaired) electrons. The van der Waals surface area contributed by atoms with Crippen molar-refractivity contribution < 1.29 is 4.79 Å². The van der Waals surface area contributed by atoms with E-state index in [1.54, 1.807) is 12.2 Å². The third-order valence-corrected chi connectivity index (χ3v) is 4.61. The normalized spacial score (nSPS) is 15.5. The second-order valence-electron chi connectivity index (χ2n) is 6.14. The summed E-state index contributed by atoms with van der Waals surface area (Å²) in [7, 11) is 0. The van der Waals surface area contributed by atoms with Crippen LogP contribution in [0.25, 0.3) is 6.08 Å². The Bertz CT molecular complexity index is 880. The van der Waals surface area contributed by atoms with Gasteiger partial charge in [0, 0.05) is 0 Å². The molecule has 1 unspecified atom stereocenters. The molecule has 1 aliphatic rings. The summed E-state index contributed by atoms with van der Waals surface area (Å²) in [5, 5.41) is 12.4. The number of carbonyl (C=O) groups is 1. The van der Waals surface area contributed by atoms with Crippen molar-refractivity contribution in [2.24, 2.45) is 5.92 Å². The number of rotatable bonds is 6. The largest absolute Gasteiger partial charge is 0.344 e. The van der Waals surface area contributed by atoms with Crippen LogP contribution >= 0.6 is 15.9 Å². The molecule has 5 heteroatoms. The van der Waals surface area contributed by atoms with Crippen LogP contribution in [0.15, 0.2) is 70.9 Å². The number of aromatic nitrogens is 1. The number of nitriles is 1. The Morgan fingerprint density at radius 1 is 1.23 bits per heavy atom. The first-order valence-corrected chi connectivity index (χ1v) is 9.23. The molecule has 0 spiro atoms. The fraction of sp³-hybridized carbons (Fsp3) is 0.190. The summed E-state index contributed by atoms with van der Waals surface area (Å²) in [6.07, 6.45) is 7.14. The van der Waals surface area contributed by atoms with E-state index in [1.807, 2.05) is 54.6 Å². The van der Waals surface area contributed by atoms with Crippen molar-refractivity contribution in [2.75, 3.05) is 0 Å². The zero-order chi connectivity index (χ0) is 18.4. The van der Waals surface area contributed by atoms with Crippen molar-refractivity contribution >= 4 is 27.9 Å². The van der Waals surface area contributed by atoms with E-state index in [1.165, 1.54) is 6.08 Å². The SMILES string of the molecule is N#CC(=CC=Cc1cccc(Br)n1)C(=O)NC(c1ccccc1)C1CC1. The molecule has 1 aromatic carbocycles. The summed E-state index contributed by atoms with van der Waals surface area (Å²) in [6.45, 7) is 0. The maximum Gasteiger partial charge on any atom is 0.262 e. The molecule has 130 valence electrons. The lowest BCUT2D eigenvalue weighted by molar-refractivity contribution is -0.118. The van der Waals surface area contributed by atoms with Crippen LogP contribution in [0.4, 0.5) is 0 Å². The number of benzene rings is 1. The van der Waals surface area contributed by atoms with Crippen molar-refractivity contribution in [3.05, 3.63) is 82.1 Å². The highest BCUT2D eigenvalue weighted by atomic mass is 79.9. The Labute approximate surface area is 161 Å². The lowest BCUT2D eigenvalue weighted by atomic mass is 10.0. The number of allylic oxidation sites excluding steroid dienone is 2. The van der Waals surface area contributed by atoms with Gasteiger partial charge in [0.15, 0.2) is 0 Å². The maximum atomic E-state index is 12.5. The number of hydrogen-bond acceptors (Lipinski definition) is 3. The van der Waals surface area contributed by atoms with Crippen LogP contribution in [-0.2, 0) is 4.79 Å². The van der Waals surface area contributed by atoms with Gasteiger partial charge in [-0.05, 0) is 64.5 Å². The first-order chi connectivity index (χ1) is 12.7. The fourth-order valence-corrected chi connectivity index (χ4v) is 3.06. The fourth-order valence-electron chi connectivity index (χ4n) is 2.71. The van der Waals surface area contributed by atoms with Crippen LogP contribution in [0.2, 0.25) is 0 Å². The molecular formula is C21H18BrN3O. The minimum Gasteiger partial charge on any atom is -0.344 e. The average Bonchev–Trinajstić information content (AvgIpc) is 3.49. The molecule has 4 nitrogen and oxygen atoms in total. The van der Waals surface area contributed by atoms with Crippen LogP contribution in [0.1, 0.15) is 30.1 Å². The molecule has 0 bridgehead atoms. The number of pyridine rings is 1. The number of amides is 1. The topological polar surface area (TPSA) is 65.8 Å². The molecule has 1 saturated carbocycles. The van der Waals surface area contributed by atoms with Crippen LogP contribution in [-0.4, -0.2) is 10.9 Å².